The number of carbonyl (C=O) groups is 1. The summed E-state index contributed by atoms with van der Waals surface area (Å²) in [6.07, 6.45) is 1.86. The van der Waals surface area contributed by atoms with Gasteiger partial charge in [0.15, 0.2) is 0 Å². The molecule has 0 bridgehead atoms. The van der Waals surface area contributed by atoms with Gasteiger partial charge in [-0.3, -0.25) is 4.98 Å². The first-order valence-corrected chi connectivity index (χ1v) is 10.7. The molecule has 1 aliphatic carbocycles. The lowest BCUT2D eigenvalue weighted by Gasteiger charge is -2.28. The van der Waals surface area contributed by atoms with Gasteiger partial charge in [-0.1, -0.05) is 0 Å². The lowest BCUT2D eigenvalue weighted by atomic mass is 9.80. The quantitative estimate of drug-likeness (QED) is 0.484. The molecule has 1 aromatic carbocycles. The van der Waals surface area contributed by atoms with E-state index in [4.69, 9.17) is 4.74 Å². The number of rotatable bonds is 6. The molecule has 4 rings (SSSR count). The van der Waals surface area contributed by atoms with Gasteiger partial charge in [-0.15, -0.1) is 0 Å². The lowest BCUT2D eigenvalue weighted by molar-refractivity contribution is -0.140. The molecule has 3 aromatic rings. The molecule has 0 amide bonds. The van der Waals surface area contributed by atoms with E-state index >= 15 is 0 Å². The number of alkyl halides is 3. The Morgan fingerprint density at radius 3 is 2.33 bits per heavy atom. The molecule has 0 unspecified atom stereocenters. The van der Waals surface area contributed by atoms with E-state index in [0.29, 0.717) is 35.3 Å². The number of imidazole rings is 1. The molecule has 174 valence electrons. The average Bonchev–Trinajstić information content (AvgIpc) is 3.34. The van der Waals surface area contributed by atoms with Crippen molar-refractivity contribution in [2.75, 3.05) is 13.7 Å². The van der Waals surface area contributed by atoms with Crippen LogP contribution in [-0.2, 0) is 10.9 Å². The van der Waals surface area contributed by atoms with Gasteiger partial charge in [0.05, 0.1) is 25.5 Å². The number of esters is 1. The summed E-state index contributed by atoms with van der Waals surface area (Å²) in [5.74, 6) is 1.24. The van der Waals surface area contributed by atoms with Crippen LogP contribution < -0.4 is 4.74 Å². The van der Waals surface area contributed by atoms with Crippen LogP contribution in [0.15, 0.2) is 48.8 Å². The Bertz CT molecular complexity index is 1070. The van der Waals surface area contributed by atoms with Gasteiger partial charge < -0.3 is 14.5 Å². The van der Waals surface area contributed by atoms with Crippen molar-refractivity contribution in [3.05, 3.63) is 65.7 Å². The normalized spacial score (nSPS) is 18.7. The number of nitrogens with zero attached hydrogens (tertiary/aromatic N) is 2. The van der Waals surface area contributed by atoms with Crippen molar-refractivity contribution in [2.45, 2.75) is 37.8 Å². The van der Waals surface area contributed by atoms with Crippen LogP contribution in [0.2, 0.25) is 0 Å². The van der Waals surface area contributed by atoms with Crippen molar-refractivity contribution in [1.29, 1.82) is 0 Å². The molecule has 6 nitrogen and oxygen atoms in total. The minimum atomic E-state index is -4.45. The van der Waals surface area contributed by atoms with E-state index in [-0.39, 0.29) is 11.8 Å². The summed E-state index contributed by atoms with van der Waals surface area (Å²) in [6, 6.07) is 10.5. The van der Waals surface area contributed by atoms with E-state index in [1.165, 1.54) is 7.11 Å². The second kappa shape index (κ2) is 9.64. The van der Waals surface area contributed by atoms with Crippen LogP contribution in [0.5, 0.6) is 5.75 Å². The van der Waals surface area contributed by atoms with Gasteiger partial charge in [-0.2, -0.15) is 13.2 Å². The molecule has 1 N–H and O–H groups in total. The van der Waals surface area contributed by atoms with Gasteiger partial charge in [-0.05, 0) is 68.0 Å². The molecule has 33 heavy (non-hydrogen) atoms. The van der Waals surface area contributed by atoms with Gasteiger partial charge >= 0.3 is 12.1 Å². The number of benzene rings is 1. The molecule has 1 saturated carbocycles. The minimum Gasteiger partial charge on any atom is -0.493 e. The number of halogens is 3. The van der Waals surface area contributed by atoms with Gasteiger partial charge in [-0.25, -0.2) is 9.78 Å². The maximum Gasteiger partial charge on any atom is 0.432 e. The largest absolute Gasteiger partial charge is 0.493 e. The SMILES string of the molecule is COC(=O)c1ccc(OCC2CCC(c3ccc(-c4ncc(C(F)(F)F)[nH]4)cn3)CC2)cc1. The van der Waals surface area contributed by atoms with E-state index in [2.05, 4.69) is 19.7 Å². The highest BCUT2D eigenvalue weighted by Gasteiger charge is 2.33. The van der Waals surface area contributed by atoms with Crippen molar-refractivity contribution in [2.24, 2.45) is 5.92 Å². The molecule has 1 fully saturated rings. The number of carbonyl (C=O) groups excluding carboxylic acids is 1. The fourth-order valence-corrected chi connectivity index (χ4v) is 4.04. The van der Waals surface area contributed by atoms with E-state index < -0.39 is 11.9 Å². The van der Waals surface area contributed by atoms with E-state index in [1.54, 1.807) is 36.5 Å². The van der Waals surface area contributed by atoms with Crippen LogP contribution in [0.3, 0.4) is 0 Å². The summed E-state index contributed by atoms with van der Waals surface area (Å²) in [5, 5.41) is 0. The molecule has 9 heteroatoms. The Balaban J connectivity index is 1.27. The highest BCUT2D eigenvalue weighted by molar-refractivity contribution is 5.89. The Hall–Kier alpha value is -3.36. The topological polar surface area (TPSA) is 77.1 Å². The zero-order valence-electron chi connectivity index (χ0n) is 18.1. The number of pyridine rings is 1. The van der Waals surface area contributed by atoms with Crippen molar-refractivity contribution >= 4 is 5.97 Å². The number of hydrogen-bond donors (Lipinski definition) is 1. The van der Waals surface area contributed by atoms with Gasteiger partial charge in [0.1, 0.15) is 17.3 Å². The van der Waals surface area contributed by atoms with Crippen molar-refractivity contribution in [3.63, 3.8) is 0 Å². The molecule has 0 saturated heterocycles. The molecular weight excluding hydrogens is 435 g/mol. The molecule has 2 aromatic heterocycles. The summed E-state index contributed by atoms with van der Waals surface area (Å²) in [6.45, 7) is 0.608. The molecule has 1 aliphatic rings. The summed E-state index contributed by atoms with van der Waals surface area (Å²) < 4.78 is 48.8. The number of methoxy groups -OCH3 is 1. The number of nitrogens with one attached hydrogen (secondary N) is 1. The second-order valence-electron chi connectivity index (χ2n) is 8.16. The third-order valence-corrected chi connectivity index (χ3v) is 5.97. The number of H-pyrrole nitrogens is 1. The predicted molar refractivity (Wildman–Crippen MR) is 115 cm³/mol. The van der Waals surface area contributed by atoms with Crippen LogP contribution in [0, 0.1) is 5.92 Å². The summed E-state index contributed by atoms with van der Waals surface area (Å²) >= 11 is 0. The highest BCUT2D eigenvalue weighted by Crippen LogP contribution is 2.36. The Morgan fingerprint density at radius 1 is 1.03 bits per heavy atom. The summed E-state index contributed by atoms with van der Waals surface area (Å²) in [4.78, 5) is 22.1. The van der Waals surface area contributed by atoms with E-state index in [9.17, 15) is 18.0 Å². The van der Waals surface area contributed by atoms with Gasteiger partial charge in [0, 0.05) is 23.4 Å². The number of aromatic nitrogens is 3. The van der Waals surface area contributed by atoms with Crippen LogP contribution >= 0.6 is 0 Å². The zero-order chi connectivity index (χ0) is 23.4. The Morgan fingerprint density at radius 2 is 1.76 bits per heavy atom. The first-order chi connectivity index (χ1) is 15.8. The standard InChI is InChI=1S/C24H24F3N3O3/c1-32-23(31)17-6-9-19(10-7-17)33-14-15-2-4-16(5-3-15)20-11-8-18(12-28-20)22-29-13-21(30-22)24(25,26)27/h6-13,15-16H,2-5,14H2,1H3,(H,29,30). The zero-order valence-corrected chi connectivity index (χ0v) is 18.1. The van der Waals surface area contributed by atoms with Crippen molar-refractivity contribution in [1.82, 2.24) is 15.0 Å². The third-order valence-electron chi connectivity index (χ3n) is 5.97. The third kappa shape index (κ3) is 5.53. The second-order valence-corrected chi connectivity index (χ2v) is 8.16. The maximum absolute atomic E-state index is 12.8. The number of hydrogen-bond acceptors (Lipinski definition) is 5. The lowest BCUT2D eigenvalue weighted by Crippen LogP contribution is -2.19. The molecule has 0 atom stereocenters. The highest BCUT2D eigenvalue weighted by atomic mass is 19.4. The minimum absolute atomic E-state index is 0.154. The summed E-state index contributed by atoms with van der Waals surface area (Å²) in [7, 11) is 1.35. The fraction of sp³-hybridized carbons (Fsp3) is 0.375. The summed E-state index contributed by atoms with van der Waals surface area (Å²) in [5.41, 5.74) is 1.08. The molecule has 0 aliphatic heterocycles. The van der Waals surface area contributed by atoms with Crippen LogP contribution in [0.25, 0.3) is 11.4 Å². The average molecular weight is 459 g/mol. The monoisotopic (exact) mass is 459 g/mol. The first kappa shape index (κ1) is 22.8. The van der Waals surface area contributed by atoms with Crippen molar-refractivity contribution in [3.8, 4) is 17.1 Å². The first-order valence-electron chi connectivity index (χ1n) is 10.7. The Labute approximate surface area is 189 Å². The van der Waals surface area contributed by atoms with Gasteiger partial charge in [0.25, 0.3) is 0 Å². The maximum atomic E-state index is 12.8. The van der Waals surface area contributed by atoms with Gasteiger partial charge in [0.2, 0.25) is 0 Å². The molecule has 2 heterocycles. The number of ether oxygens (including phenoxy) is 2. The van der Waals surface area contributed by atoms with Crippen LogP contribution in [0.4, 0.5) is 13.2 Å². The molecule has 0 spiro atoms. The smallest absolute Gasteiger partial charge is 0.432 e. The van der Waals surface area contributed by atoms with Crippen LogP contribution in [0.1, 0.15) is 53.3 Å². The molecule has 0 radical (unpaired) electrons. The van der Waals surface area contributed by atoms with Crippen molar-refractivity contribution < 1.29 is 27.4 Å². The van der Waals surface area contributed by atoms with Crippen LogP contribution in [-0.4, -0.2) is 34.6 Å². The Kier molecular flexibility index (Phi) is 6.67. The van der Waals surface area contributed by atoms with E-state index in [0.717, 1.165) is 37.6 Å². The number of aromatic amines is 1. The predicted octanol–water partition coefficient (Wildman–Crippen LogP) is 5.63. The van der Waals surface area contributed by atoms with E-state index in [1.807, 2.05) is 6.07 Å². The molecular formula is C24H24F3N3O3. The fourth-order valence-electron chi connectivity index (χ4n) is 4.04.